The number of rotatable bonds is 7. The molecule has 0 fully saturated rings. The van der Waals surface area contributed by atoms with Crippen LogP contribution in [0.5, 0.6) is 5.75 Å². The van der Waals surface area contributed by atoms with Gasteiger partial charge >= 0.3 is 0 Å². The normalized spacial score (nSPS) is 10.2. The number of hydrazone groups is 1. The minimum atomic E-state index is 0.467. The van der Waals surface area contributed by atoms with Crippen LogP contribution in [-0.4, -0.2) is 24.5 Å². The summed E-state index contributed by atoms with van der Waals surface area (Å²) < 4.78 is 5.55. The Kier molecular flexibility index (Phi) is 7.27. The largest absolute Gasteiger partial charge is 0.494 e. The molecule has 1 aromatic carbocycles. The predicted octanol–water partition coefficient (Wildman–Crippen LogP) is 2.46. The molecule has 0 aromatic heterocycles. The quantitative estimate of drug-likeness (QED) is 0.348. The number of nitrogens with one attached hydrogen (secondary N) is 2. The Hall–Kier alpha value is -1.88. The number of benzene rings is 1. The van der Waals surface area contributed by atoms with E-state index in [2.05, 4.69) is 29.3 Å². The standard InChI is InChI=1S/C14H19N3OS/c1-3-8-15-14(19)17-16-11-12-6-5-7-13(10-12)18-9-4-2/h3,5-7,10-11H,1,4,8-9H2,2H3,(H2,15,17,19)/b16-11-. The first-order chi connectivity index (χ1) is 9.26. The highest BCUT2D eigenvalue weighted by Crippen LogP contribution is 2.12. The van der Waals surface area contributed by atoms with Gasteiger partial charge in [-0.15, -0.1) is 6.58 Å². The van der Waals surface area contributed by atoms with Gasteiger partial charge in [0, 0.05) is 6.54 Å². The van der Waals surface area contributed by atoms with Gasteiger partial charge in [0.1, 0.15) is 5.75 Å². The summed E-state index contributed by atoms with van der Waals surface area (Å²) in [5.41, 5.74) is 3.68. The molecule has 1 aromatic rings. The molecule has 2 N–H and O–H groups in total. The Morgan fingerprint density at radius 1 is 1.53 bits per heavy atom. The molecule has 0 saturated heterocycles. The summed E-state index contributed by atoms with van der Waals surface area (Å²) in [5.74, 6) is 0.846. The number of thiocarbonyl (C=S) groups is 1. The molecule has 5 heteroatoms. The summed E-state index contributed by atoms with van der Waals surface area (Å²) in [4.78, 5) is 0. The van der Waals surface area contributed by atoms with Crippen molar-refractivity contribution >= 4 is 23.5 Å². The Balaban J connectivity index is 2.47. The molecule has 0 aliphatic carbocycles. The van der Waals surface area contributed by atoms with Crippen molar-refractivity contribution in [3.05, 3.63) is 42.5 Å². The molecule has 0 amide bonds. The summed E-state index contributed by atoms with van der Waals surface area (Å²) in [6.07, 6.45) is 4.41. The van der Waals surface area contributed by atoms with Gasteiger partial charge in [0.2, 0.25) is 0 Å². The molecule has 102 valence electrons. The zero-order valence-electron chi connectivity index (χ0n) is 11.1. The maximum absolute atomic E-state index is 5.55. The maximum Gasteiger partial charge on any atom is 0.187 e. The van der Waals surface area contributed by atoms with Gasteiger partial charge in [-0.2, -0.15) is 5.10 Å². The van der Waals surface area contributed by atoms with Crippen LogP contribution in [0, 0.1) is 0 Å². The monoisotopic (exact) mass is 277 g/mol. The smallest absolute Gasteiger partial charge is 0.187 e. The van der Waals surface area contributed by atoms with Gasteiger partial charge in [-0.05, 0) is 36.3 Å². The lowest BCUT2D eigenvalue weighted by molar-refractivity contribution is 0.317. The van der Waals surface area contributed by atoms with E-state index in [1.807, 2.05) is 24.3 Å². The fourth-order valence-electron chi connectivity index (χ4n) is 1.27. The van der Waals surface area contributed by atoms with Crippen LogP contribution in [-0.2, 0) is 0 Å². The van der Waals surface area contributed by atoms with Crippen molar-refractivity contribution in [3.8, 4) is 5.75 Å². The van der Waals surface area contributed by atoms with E-state index in [0.29, 0.717) is 18.3 Å². The molecule has 0 heterocycles. The average Bonchev–Trinajstić information content (AvgIpc) is 2.43. The predicted molar refractivity (Wildman–Crippen MR) is 83.8 cm³/mol. The van der Waals surface area contributed by atoms with E-state index in [1.54, 1.807) is 12.3 Å². The van der Waals surface area contributed by atoms with Crippen LogP contribution in [0.4, 0.5) is 0 Å². The SMILES string of the molecule is C=CCNC(=S)N/N=C\c1cccc(OCCC)c1. The second-order valence-corrected chi connectivity index (χ2v) is 4.20. The summed E-state index contributed by atoms with van der Waals surface area (Å²) in [6.45, 7) is 7.00. The third-order valence-electron chi connectivity index (χ3n) is 2.12. The van der Waals surface area contributed by atoms with Crippen LogP contribution in [0.2, 0.25) is 0 Å². The highest BCUT2D eigenvalue weighted by Gasteiger charge is 1.94. The van der Waals surface area contributed by atoms with E-state index in [9.17, 15) is 0 Å². The van der Waals surface area contributed by atoms with Crippen LogP contribution >= 0.6 is 12.2 Å². The number of ether oxygens (including phenoxy) is 1. The Morgan fingerprint density at radius 3 is 3.11 bits per heavy atom. The van der Waals surface area contributed by atoms with Gasteiger partial charge in [0.05, 0.1) is 12.8 Å². The Bertz CT molecular complexity index is 446. The molecule has 0 radical (unpaired) electrons. The molecular weight excluding hydrogens is 258 g/mol. The molecular formula is C14H19N3OS. The molecule has 0 aliphatic heterocycles. The molecule has 0 spiro atoms. The summed E-state index contributed by atoms with van der Waals surface area (Å²) >= 11 is 5.01. The van der Waals surface area contributed by atoms with Crippen LogP contribution in [0.1, 0.15) is 18.9 Å². The van der Waals surface area contributed by atoms with Gasteiger partial charge in [0.25, 0.3) is 0 Å². The molecule has 0 aliphatic rings. The highest BCUT2D eigenvalue weighted by atomic mass is 32.1. The average molecular weight is 277 g/mol. The van der Waals surface area contributed by atoms with E-state index in [0.717, 1.165) is 17.7 Å². The zero-order chi connectivity index (χ0) is 13.9. The molecule has 0 atom stereocenters. The number of nitrogens with zero attached hydrogens (tertiary/aromatic N) is 1. The third kappa shape index (κ3) is 6.57. The first-order valence-electron chi connectivity index (χ1n) is 6.17. The van der Waals surface area contributed by atoms with Crippen molar-refractivity contribution in [1.82, 2.24) is 10.7 Å². The minimum Gasteiger partial charge on any atom is -0.494 e. The van der Waals surface area contributed by atoms with Crippen molar-refractivity contribution in [2.45, 2.75) is 13.3 Å². The first kappa shape index (κ1) is 15.2. The van der Waals surface area contributed by atoms with E-state index < -0.39 is 0 Å². The van der Waals surface area contributed by atoms with E-state index in [1.165, 1.54) is 0 Å². The first-order valence-corrected chi connectivity index (χ1v) is 6.57. The zero-order valence-corrected chi connectivity index (χ0v) is 11.9. The lowest BCUT2D eigenvalue weighted by atomic mass is 10.2. The van der Waals surface area contributed by atoms with Crippen LogP contribution in [0.25, 0.3) is 0 Å². The van der Waals surface area contributed by atoms with E-state index in [4.69, 9.17) is 17.0 Å². The lowest BCUT2D eigenvalue weighted by Gasteiger charge is -2.05. The van der Waals surface area contributed by atoms with Gasteiger partial charge in [-0.3, -0.25) is 5.43 Å². The molecule has 19 heavy (non-hydrogen) atoms. The summed E-state index contributed by atoms with van der Waals surface area (Å²) in [6, 6.07) is 7.74. The fraction of sp³-hybridized carbons (Fsp3) is 0.286. The number of hydrogen-bond donors (Lipinski definition) is 2. The van der Waals surface area contributed by atoms with Gasteiger partial charge in [-0.1, -0.05) is 25.1 Å². The maximum atomic E-state index is 5.55. The van der Waals surface area contributed by atoms with Crippen LogP contribution < -0.4 is 15.5 Å². The van der Waals surface area contributed by atoms with Crippen LogP contribution in [0.15, 0.2) is 42.0 Å². The van der Waals surface area contributed by atoms with Crippen molar-refractivity contribution in [3.63, 3.8) is 0 Å². The van der Waals surface area contributed by atoms with E-state index in [-0.39, 0.29) is 0 Å². The van der Waals surface area contributed by atoms with E-state index >= 15 is 0 Å². The molecule has 4 nitrogen and oxygen atoms in total. The van der Waals surface area contributed by atoms with Crippen molar-refractivity contribution in [1.29, 1.82) is 0 Å². The lowest BCUT2D eigenvalue weighted by Crippen LogP contribution is -2.31. The second kappa shape index (κ2) is 9.10. The highest BCUT2D eigenvalue weighted by molar-refractivity contribution is 7.80. The number of hydrogen-bond acceptors (Lipinski definition) is 3. The minimum absolute atomic E-state index is 0.467. The summed E-state index contributed by atoms with van der Waals surface area (Å²) in [7, 11) is 0. The van der Waals surface area contributed by atoms with Gasteiger partial charge in [0.15, 0.2) is 5.11 Å². The Morgan fingerprint density at radius 2 is 2.37 bits per heavy atom. The van der Waals surface area contributed by atoms with Crippen LogP contribution in [0.3, 0.4) is 0 Å². The molecule has 0 unspecified atom stereocenters. The third-order valence-corrected chi connectivity index (χ3v) is 2.35. The Labute approximate surface area is 119 Å². The van der Waals surface area contributed by atoms with Crippen molar-refractivity contribution in [2.24, 2.45) is 5.10 Å². The van der Waals surface area contributed by atoms with Gasteiger partial charge < -0.3 is 10.1 Å². The molecule has 1 rings (SSSR count). The molecule has 0 saturated carbocycles. The topological polar surface area (TPSA) is 45.7 Å². The molecule has 0 bridgehead atoms. The summed E-state index contributed by atoms with van der Waals surface area (Å²) in [5, 5.41) is 7.44. The fourth-order valence-corrected chi connectivity index (χ4v) is 1.41. The van der Waals surface area contributed by atoms with Gasteiger partial charge in [-0.25, -0.2) is 0 Å². The van der Waals surface area contributed by atoms with Crippen molar-refractivity contribution < 1.29 is 4.74 Å². The second-order valence-electron chi connectivity index (χ2n) is 3.79. The van der Waals surface area contributed by atoms with Crippen molar-refractivity contribution in [2.75, 3.05) is 13.2 Å².